The van der Waals surface area contributed by atoms with Crippen LogP contribution in [0.1, 0.15) is 11.1 Å². The molecule has 2 aromatic carbocycles. The predicted molar refractivity (Wildman–Crippen MR) is 115 cm³/mol. The number of carbonyl (C=O) groups excluding carboxylic acids is 1. The minimum absolute atomic E-state index is 0.207. The Balaban J connectivity index is 1.69. The van der Waals surface area contributed by atoms with Gasteiger partial charge in [-0.1, -0.05) is 24.3 Å². The Bertz CT molecular complexity index is 1350. The molecule has 4 rings (SSSR count). The molecule has 2 aromatic heterocycles. The van der Waals surface area contributed by atoms with Crippen molar-refractivity contribution < 1.29 is 9.18 Å². The highest BCUT2D eigenvalue weighted by Gasteiger charge is 2.17. The highest BCUT2D eigenvalue weighted by Crippen LogP contribution is 2.16. The molecule has 4 aromatic rings. The maximum absolute atomic E-state index is 13.2. The topological polar surface area (TPSA) is 73.1 Å². The van der Waals surface area contributed by atoms with Gasteiger partial charge in [-0.25, -0.2) is 13.8 Å². The summed E-state index contributed by atoms with van der Waals surface area (Å²) in [6, 6.07) is 14.5. The van der Waals surface area contributed by atoms with Crippen LogP contribution in [0.4, 0.5) is 4.39 Å². The molecule has 1 amide bonds. The SMILES string of the molecule is Cc1cccc(-n2c(=O)c3sccc3n(CC(=O)NCc3ccc(F)cc3)c2=O)c1. The smallest absolute Gasteiger partial charge is 0.336 e. The lowest BCUT2D eigenvalue weighted by atomic mass is 10.2. The molecular formula is C22H18FN3O3S. The molecule has 0 aliphatic carbocycles. The van der Waals surface area contributed by atoms with Crippen LogP contribution in [0.5, 0.6) is 0 Å². The number of hydrogen-bond acceptors (Lipinski definition) is 4. The van der Waals surface area contributed by atoms with Gasteiger partial charge in [-0.15, -0.1) is 11.3 Å². The molecule has 0 aliphatic rings. The zero-order valence-electron chi connectivity index (χ0n) is 16.1. The minimum atomic E-state index is -0.576. The summed E-state index contributed by atoms with van der Waals surface area (Å²) in [4.78, 5) is 38.6. The van der Waals surface area contributed by atoms with Crippen molar-refractivity contribution in [3.63, 3.8) is 0 Å². The first-order chi connectivity index (χ1) is 14.4. The van der Waals surface area contributed by atoms with Gasteiger partial charge in [-0.05, 0) is 53.8 Å². The number of amides is 1. The molecule has 0 saturated heterocycles. The van der Waals surface area contributed by atoms with Gasteiger partial charge in [0.25, 0.3) is 5.56 Å². The van der Waals surface area contributed by atoms with Gasteiger partial charge in [-0.3, -0.25) is 14.2 Å². The number of thiophene rings is 1. The van der Waals surface area contributed by atoms with Crippen molar-refractivity contribution in [1.82, 2.24) is 14.5 Å². The van der Waals surface area contributed by atoms with Gasteiger partial charge in [0.1, 0.15) is 17.1 Å². The summed E-state index contributed by atoms with van der Waals surface area (Å²) in [5.74, 6) is -0.738. The summed E-state index contributed by atoms with van der Waals surface area (Å²) in [5.41, 5.74) is 1.56. The molecule has 0 fully saturated rings. The maximum Gasteiger partial charge on any atom is 0.336 e. The zero-order valence-corrected chi connectivity index (χ0v) is 16.9. The second kappa shape index (κ2) is 8.08. The van der Waals surface area contributed by atoms with E-state index in [1.165, 1.54) is 28.0 Å². The van der Waals surface area contributed by atoms with Crippen molar-refractivity contribution >= 4 is 27.5 Å². The van der Waals surface area contributed by atoms with Crippen molar-refractivity contribution in [2.45, 2.75) is 20.0 Å². The molecule has 1 N–H and O–H groups in total. The molecular weight excluding hydrogens is 405 g/mol. The molecule has 30 heavy (non-hydrogen) atoms. The number of aromatic nitrogens is 2. The van der Waals surface area contributed by atoms with E-state index in [2.05, 4.69) is 5.32 Å². The number of aryl methyl sites for hydroxylation is 1. The first-order valence-corrected chi connectivity index (χ1v) is 10.1. The van der Waals surface area contributed by atoms with E-state index < -0.39 is 11.2 Å². The average Bonchev–Trinajstić information content (AvgIpc) is 3.21. The third-order valence-corrected chi connectivity index (χ3v) is 5.61. The lowest BCUT2D eigenvalue weighted by Gasteiger charge is -2.13. The second-order valence-corrected chi connectivity index (χ2v) is 7.80. The Morgan fingerprint density at radius 3 is 2.60 bits per heavy atom. The number of halogens is 1. The predicted octanol–water partition coefficient (Wildman–Crippen LogP) is 2.98. The largest absolute Gasteiger partial charge is 0.350 e. The summed E-state index contributed by atoms with van der Waals surface area (Å²) < 4.78 is 15.8. The van der Waals surface area contributed by atoms with E-state index in [1.807, 2.05) is 13.0 Å². The van der Waals surface area contributed by atoms with Gasteiger partial charge < -0.3 is 5.32 Å². The van der Waals surface area contributed by atoms with Crippen LogP contribution in [0.2, 0.25) is 0 Å². The monoisotopic (exact) mass is 423 g/mol. The highest BCUT2D eigenvalue weighted by atomic mass is 32.1. The zero-order chi connectivity index (χ0) is 21.3. The Labute approximate surface area is 174 Å². The van der Waals surface area contributed by atoms with Gasteiger partial charge in [0.05, 0.1) is 11.2 Å². The molecule has 0 aliphatic heterocycles. The van der Waals surface area contributed by atoms with Crippen LogP contribution in [0, 0.1) is 12.7 Å². The quantitative estimate of drug-likeness (QED) is 0.536. The maximum atomic E-state index is 13.2. The minimum Gasteiger partial charge on any atom is -0.350 e. The van der Waals surface area contributed by atoms with E-state index >= 15 is 0 Å². The lowest BCUT2D eigenvalue weighted by Crippen LogP contribution is -2.41. The molecule has 2 heterocycles. The molecule has 0 saturated carbocycles. The Kier molecular flexibility index (Phi) is 5.33. The fraction of sp³-hybridized carbons (Fsp3) is 0.136. The number of hydrogen-bond donors (Lipinski definition) is 1. The molecule has 8 heteroatoms. The third kappa shape index (κ3) is 3.81. The van der Waals surface area contributed by atoms with Crippen molar-refractivity contribution in [1.29, 1.82) is 0 Å². The number of benzene rings is 2. The molecule has 0 spiro atoms. The van der Waals surface area contributed by atoms with E-state index in [-0.39, 0.29) is 24.8 Å². The third-order valence-electron chi connectivity index (χ3n) is 4.72. The first-order valence-electron chi connectivity index (χ1n) is 9.25. The molecule has 152 valence electrons. The van der Waals surface area contributed by atoms with Crippen molar-refractivity contribution in [3.05, 3.63) is 97.8 Å². The van der Waals surface area contributed by atoms with Crippen LogP contribution in [0.25, 0.3) is 15.9 Å². The summed E-state index contributed by atoms with van der Waals surface area (Å²) in [6.45, 7) is 1.84. The molecule has 0 unspecified atom stereocenters. The van der Waals surface area contributed by atoms with Crippen LogP contribution >= 0.6 is 11.3 Å². The fourth-order valence-corrected chi connectivity index (χ4v) is 4.06. The molecule has 6 nitrogen and oxygen atoms in total. The van der Waals surface area contributed by atoms with Gasteiger partial charge in [0.15, 0.2) is 0 Å². The fourth-order valence-electron chi connectivity index (χ4n) is 3.24. The van der Waals surface area contributed by atoms with Crippen LogP contribution in [-0.4, -0.2) is 15.0 Å². The number of nitrogens with one attached hydrogen (secondary N) is 1. The number of nitrogens with zero attached hydrogens (tertiary/aromatic N) is 2. The van der Waals surface area contributed by atoms with Gasteiger partial charge in [0.2, 0.25) is 5.91 Å². The van der Waals surface area contributed by atoms with E-state index in [4.69, 9.17) is 0 Å². The van der Waals surface area contributed by atoms with E-state index in [0.717, 1.165) is 15.7 Å². The van der Waals surface area contributed by atoms with E-state index in [9.17, 15) is 18.8 Å². The van der Waals surface area contributed by atoms with Crippen molar-refractivity contribution in [2.24, 2.45) is 0 Å². The lowest BCUT2D eigenvalue weighted by molar-refractivity contribution is -0.121. The average molecular weight is 423 g/mol. The highest BCUT2D eigenvalue weighted by molar-refractivity contribution is 7.17. The summed E-state index contributed by atoms with van der Waals surface area (Å²) in [7, 11) is 0. The van der Waals surface area contributed by atoms with Gasteiger partial charge >= 0.3 is 5.69 Å². The summed E-state index contributed by atoms with van der Waals surface area (Å²) in [5, 5.41) is 4.45. The Morgan fingerprint density at radius 2 is 1.87 bits per heavy atom. The summed E-state index contributed by atoms with van der Waals surface area (Å²) in [6.07, 6.45) is 0. The van der Waals surface area contributed by atoms with E-state index in [1.54, 1.807) is 41.8 Å². The molecule has 0 bridgehead atoms. The first kappa shape index (κ1) is 19.8. The van der Waals surface area contributed by atoms with Crippen LogP contribution < -0.4 is 16.6 Å². The Hall–Kier alpha value is -3.52. The number of fused-ring (bicyclic) bond motifs is 1. The number of rotatable bonds is 5. The normalized spacial score (nSPS) is 11.0. The standard InChI is InChI=1S/C22H18FN3O3S/c1-14-3-2-4-17(11-14)26-21(28)20-18(9-10-30-20)25(22(26)29)13-19(27)24-12-15-5-7-16(23)8-6-15/h2-11H,12-13H2,1H3,(H,24,27). The molecule has 0 atom stereocenters. The van der Waals surface area contributed by atoms with Gasteiger partial charge in [-0.2, -0.15) is 0 Å². The summed E-state index contributed by atoms with van der Waals surface area (Å²) >= 11 is 1.23. The van der Waals surface area contributed by atoms with Gasteiger partial charge in [0, 0.05) is 6.54 Å². The van der Waals surface area contributed by atoms with E-state index in [0.29, 0.717) is 15.9 Å². The Morgan fingerprint density at radius 1 is 1.10 bits per heavy atom. The molecule has 0 radical (unpaired) electrons. The van der Waals surface area contributed by atoms with Crippen molar-refractivity contribution in [2.75, 3.05) is 0 Å². The van der Waals surface area contributed by atoms with Crippen LogP contribution in [0.15, 0.2) is 69.6 Å². The number of carbonyl (C=O) groups is 1. The van der Waals surface area contributed by atoms with Crippen LogP contribution in [-0.2, 0) is 17.9 Å². The van der Waals surface area contributed by atoms with Crippen molar-refractivity contribution in [3.8, 4) is 5.69 Å². The second-order valence-electron chi connectivity index (χ2n) is 6.89. The van der Waals surface area contributed by atoms with Crippen LogP contribution in [0.3, 0.4) is 0 Å².